The summed E-state index contributed by atoms with van der Waals surface area (Å²) < 4.78 is 6.04. The summed E-state index contributed by atoms with van der Waals surface area (Å²) in [4.78, 5) is 12.5. The van der Waals surface area contributed by atoms with E-state index in [0.29, 0.717) is 0 Å². The third-order valence-corrected chi connectivity index (χ3v) is 4.40. The molecule has 116 valence electrons. The van der Waals surface area contributed by atoms with Crippen molar-refractivity contribution in [1.29, 1.82) is 0 Å². The molecule has 3 heteroatoms. The lowest BCUT2D eigenvalue weighted by Gasteiger charge is -2.38. The van der Waals surface area contributed by atoms with E-state index in [2.05, 4.69) is 24.4 Å². The largest absolute Gasteiger partial charge is 0.454 e. The fourth-order valence-electron chi connectivity index (χ4n) is 2.94. The van der Waals surface area contributed by atoms with Crippen molar-refractivity contribution in [2.75, 3.05) is 13.1 Å². The van der Waals surface area contributed by atoms with Crippen LogP contribution >= 0.6 is 0 Å². The van der Waals surface area contributed by atoms with Crippen molar-refractivity contribution in [2.45, 2.75) is 51.6 Å². The van der Waals surface area contributed by atoms with Gasteiger partial charge in [0.25, 0.3) is 0 Å². The molecule has 0 saturated carbocycles. The maximum absolute atomic E-state index is 12.5. The summed E-state index contributed by atoms with van der Waals surface area (Å²) in [5.74, 6) is -0.0605. The molecule has 0 bridgehead atoms. The maximum Gasteiger partial charge on any atom is 0.309 e. The standard InChI is InChI=1S/C18H27NO2/c1-3-4-8-15(2)17(20)21-18(11-13-19-14-12-18)16-9-6-5-7-10-16/h5-7,9-10,15,19H,3-4,8,11-14H2,1-2H3. The van der Waals surface area contributed by atoms with E-state index in [-0.39, 0.29) is 11.9 Å². The van der Waals surface area contributed by atoms with Crippen LogP contribution in [0, 0.1) is 5.92 Å². The van der Waals surface area contributed by atoms with E-state index < -0.39 is 5.60 Å². The highest BCUT2D eigenvalue weighted by Gasteiger charge is 2.38. The van der Waals surface area contributed by atoms with Crippen LogP contribution in [-0.2, 0) is 15.1 Å². The molecule has 1 aliphatic heterocycles. The fourth-order valence-corrected chi connectivity index (χ4v) is 2.94. The summed E-state index contributed by atoms with van der Waals surface area (Å²) in [5, 5.41) is 3.35. The molecule has 1 fully saturated rings. The number of nitrogens with one attached hydrogen (secondary N) is 1. The minimum Gasteiger partial charge on any atom is -0.454 e. The van der Waals surface area contributed by atoms with Crippen molar-refractivity contribution in [3.63, 3.8) is 0 Å². The molecule has 0 radical (unpaired) electrons. The van der Waals surface area contributed by atoms with Crippen LogP contribution in [0.2, 0.25) is 0 Å². The quantitative estimate of drug-likeness (QED) is 0.813. The Labute approximate surface area is 128 Å². The number of benzene rings is 1. The number of hydrogen-bond acceptors (Lipinski definition) is 3. The summed E-state index contributed by atoms with van der Waals surface area (Å²) in [6.07, 6.45) is 4.81. The molecule has 1 aromatic rings. The third kappa shape index (κ3) is 4.07. The molecule has 1 N–H and O–H groups in total. The van der Waals surface area contributed by atoms with Gasteiger partial charge in [-0.15, -0.1) is 0 Å². The van der Waals surface area contributed by atoms with Gasteiger partial charge in [0.1, 0.15) is 5.60 Å². The number of unbranched alkanes of at least 4 members (excludes halogenated alkanes) is 1. The zero-order valence-corrected chi connectivity index (χ0v) is 13.2. The lowest BCUT2D eigenvalue weighted by atomic mass is 9.84. The van der Waals surface area contributed by atoms with Gasteiger partial charge in [-0.25, -0.2) is 0 Å². The van der Waals surface area contributed by atoms with Gasteiger partial charge in [0, 0.05) is 12.8 Å². The Hall–Kier alpha value is -1.35. The molecule has 0 amide bonds. The lowest BCUT2D eigenvalue weighted by Crippen LogP contribution is -2.44. The average Bonchev–Trinajstić information content (AvgIpc) is 2.54. The van der Waals surface area contributed by atoms with E-state index in [1.807, 2.05) is 25.1 Å². The van der Waals surface area contributed by atoms with Crippen LogP contribution in [0.5, 0.6) is 0 Å². The Morgan fingerprint density at radius 2 is 1.95 bits per heavy atom. The van der Waals surface area contributed by atoms with Gasteiger partial charge in [0.15, 0.2) is 0 Å². The number of carbonyl (C=O) groups is 1. The van der Waals surface area contributed by atoms with Crippen molar-refractivity contribution in [2.24, 2.45) is 5.92 Å². The van der Waals surface area contributed by atoms with Crippen LogP contribution in [-0.4, -0.2) is 19.1 Å². The van der Waals surface area contributed by atoms with E-state index in [4.69, 9.17) is 4.74 Å². The fraction of sp³-hybridized carbons (Fsp3) is 0.611. The SMILES string of the molecule is CCCCC(C)C(=O)OC1(c2ccccc2)CCNCC1. The number of esters is 1. The number of rotatable bonds is 6. The molecule has 2 rings (SSSR count). The van der Waals surface area contributed by atoms with E-state index in [1.165, 1.54) is 0 Å². The molecular weight excluding hydrogens is 262 g/mol. The minimum atomic E-state index is -0.440. The molecule has 1 heterocycles. The third-order valence-electron chi connectivity index (χ3n) is 4.40. The number of carbonyl (C=O) groups excluding carboxylic acids is 1. The Kier molecular flexibility index (Phi) is 5.80. The predicted molar refractivity (Wildman–Crippen MR) is 85.0 cm³/mol. The van der Waals surface area contributed by atoms with Gasteiger partial charge in [-0.1, -0.05) is 57.0 Å². The van der Waals surface area contributed by atoms with Gasteiger partial charge in [-0.2, -0.15) is 0 Å². The van der Waals surface area contributed by atoms with Gasteiger partial charge in [-0.05, 0) is 25.1 Å². The Balaban J connectivity index is 2.12. The molecule has 1 unspecified atom stereocenters. The van der Waals surface area contributed by atoms with Crippen molar-refractivity contribution in [3.05, 3.63) is 35.9 Å². The molecule has 0 aliphatic carbocycles. The summed E-state index contributed by atoms with van der Waals surface area (Å²) in [6, 6.07) is 10.2. The molecule has 3 nitrogen and oxygen atoms in total. The first-order valence-corrected chi connectivity index (χ1v) is 8.17. The van der Waals surface area contributed by atoms with Crippen LogP contribution in [0.3, 0.4) is 0 Å². The van der Waals surface area contributed by atoms with Crippen molar-refractivity contribution in [3.8, 4) is 0 Å². The van der Waals surface area contributed by atoms with E-state index in [1.54, 1.807) is 0 Å². The second-order valence-electron chi connectivity index (χ2n) is 6.07. The van der Waals surface area contributed by atoms with Gasteiger partial charge in [-0.3, -0.25) is 4.79 Å². The van der Waals surface area contributed by atoms with E-state index >= 15 is 0 Å². The lowest BCUT2D eigenvalue weighted by molar-refractivity contribution is -0.169. The molecule has 1 aromatic carbocycles. The first-order chi connectivity index (χ1) is 10.2. The number of hydrogen-bond donors (Lipinski definition) is 1. The molecule has 1 saturated heterocycles. The first-order valence-electron chi connectivity index (χ1n) is 8.17. The summed E-state index contributed by atoms with van der Waals surface area (Å²) >= 11 is 0. The van der Waals surface area contributed by atoms with Crippen LogP contribution in [0.4, 0.5) is 0 Å². The number of ether oxygens (including phenoxy) is 1. The van der Waals surface area contributed by atoms with Crippen LogP contribution in [0.1, 0.15) is 51.5 Å². The molecule has 1 atom stereocenters. The van der Waals surface area contributed by atoms with E-state index in [0.717, 1.165) is 50.8 Å². The maximum atomic E-state index is 12.5. The second-order valence-corrected chi connectivity index (χ2v) is 6.07. The van der Waals surface area contributed by atoms with Crippen LogP contribution in [0.15, 0.2) is 30.3 Å². The van der Waals surface area contributed by atoms with Crippen molar-refractivity contribution < 1.29 is 9.53 Å². The van der Waals surface area contributed by atoms with Crippen molar-refractivity contribution >= 4 is 5.97 Å². The van der Waals surface area contributed by atoms with Gasteiger partial charge >= 0.3 is 5.97 Å². The number of piperidine rings is 1. The first kappa shape index (κ1) is 16.0. The minimum absolute atomic E-state index is 0.0135. The van der Waals surface area contributed by atoms with Gasteiger partial charge in [0.2, 0.25) is 0 Å². The van der Waals surface area contributed by atoms with Gasteiger partial charge < -0.3 is 10.1 Å². The second kappa shape index (κ2) is 7.60. The van der Waals surface area contributed by atoms with Gasteiger partial charge in [0.05, 0.1) is 5.92 Å². The van der Waals surface area contributed by atoms with Crippen LogP contribution < -0.4 is 5.32 Å². The monoisotopic (exact) mass is 289 g/mol. The zero-order valence-electron chi connectivity index (χ0n) is 13.2. The molecule has 0 aromatic heterocycles. The molecule has 21 heavy (non-hydrogen) atoms. The highest BCUT2D eigenvalue weighted by molar-refractivity contribution is 5.72. The molecular formula is C18H27NO2. The predicted octanol–water partition coefficient (Wildman–Crippen LogP) is 3.63. The Morgan fingerprint density at radius 3 is 2.57 bits per heavy atom. The van der Waals surface area contributed by atoms with E-state index in [9.17, 15) is 4.79 Å². The smallest absolute Gasteiger partial charge is 0.309 e. The zero-order chi connectivity index (χ0) is 15.1. The summed E-state index contributed by atoms with van der Waals surface area (Å²) in [5.41, 5.74) is 0.687. The van der Waals surface area contributed by atoms with Crippen molar-refractivity contribution in [1.82, 2.24) is 5.32 Å². The summed E-state index contributed by atoms with van der Waals surface area (Å²) in [6.45, 7) is 5.92. The average molecular weight is 289 g/mol. The van der Waals surface area contributed by atoms with Crippen LogP contribution in [0.25, 0.3) is 0 Å². The Morgan fingerprint density at radius 1 is 1.29 bits per heavy atom. The highest BCUT2D eigenvalue weighted by atomic mass is 16.6. The Bertz CT molecular complexity index is 438. The molecule has 0 spiro atoms. The normalized spacial score (nSPS) is 19.0. The molecule has 1 aliphatic rings. The highest BCUT2D eigenvalue weighted by Crippen LogP contribution is 2.35. The topological polar surface area (TPSA) is 38.3 Å². The summed E-state index contributed by atoms with van der Waals surface area (Å²) in [7, 11) is 0.